The lowest BCUT2D eigenvalue weighted by Crippen LogP contribution is -2.21. The highest BCUT2D eigenvalue weighted by atomic mass is 15.0. The molecule has 1 aromatic heterocycles. The summed E-state index contributed by atoms with van der Waals surface area (Å²) in [6.45, 7) is 16.1. The third kappa shape index (κ3) is 4.10. The van der Waals surface area contributed by atoms with Crippen molar-refractivity contribution >= 4 is 0 Å². The Balaban J connectivity index is 3.14. The number of imidazole rings is 1. The predicted molar refractivity (Wildman–Crippen MR) is 88.4 cm³/mol. The van der Waals surface area contributed by atoms with E-state index < -0.39 is 0 Å². The summed E-state index contributed by atoms with van der Waals surface area (Å²) in [4.78, 5) is 8.64. The second-order valence-electron chi connectivity index (χ2n) is 7.22. The van der Waals surface area contributed by atoms with Crippen molar-refractivity contribution in [1.29, 1.82) is 0 Å². The normalized spacial score (nSPS) is 14.0. The van der Waals surface area contributed by atoms with Crippen LogP contribution in [0.5, 0.6) is 0 Å². The number of rotatable bonds is 8. The third-order valence-corrected chi connectivity index (χ3v) is 4.52. The predicted octanol–water partition coefficient (Wildman–Crippen LogP) is 5.59. The van der Waals surface area contributed by atoms with Crippen molar-refractivity contribution in [2.45, 2.75) is 91.9 Å². The molecule has 0 aliphatic carbocycles. The van der Waals surface area contributed by atoms with Gasteiger partial charge in [0.05, 0.1) is 5.69 Å². The number of nitrogens with zero attached hydrogens (tertiary/aromatic N) is 1. The smallest absolute Gasteiger partial charge is 0.106 e. The third-order valence-electron chi connectivity index (χ3n) is 4.52. The van der Waals surface area contributed by atoms with Crippen molar-refractivity contribution in [3.05, 3.63) is 17.2 Å². The largest absolute Gasteiger partial charge is 0.345 e. The topological polar surface area (TPSA) is 28.7 Å². The van der Waals surface area contributed by atoms with Gasteiger partial charge in [-0.15, -0.1) is 0 Å². The van der Waals surface area contributed by atoms with Gasteiger partial charge in [0.15, 0.2) is 0 Å². The van der Waals surface area contributed by atoms with Crippen LogP contribution in [-0.4, -0.2) is 9.97 Å². The van der Waals surface area contributed by atoms with Crippen molar-refractivity contribution in [1.82, 2.24) is 9.97 Å². The summed E-state index contributed by atoms with van der Waals surface area (Å²) in [5, 5.41) is 0. The average molecular weight is 278 g/mol. The Bertz CT molecular complexity index is 402. The van der Waals surface area contributed by atoms with Gasteiger partial charge >= 0.3 is 0 Å². The van der Waals surface area contributed by atoms with Crippen LogP contribution < -0.4 is 0 Å². The van der Waals surface area contributed by atoms with Gasteiger partial charge in [-0.05, 0) is 18.8 Å². The van der Waals surface area contributed by atoms with Crippen molar-refractivity contribution in [2.75, 3.05) is 0 Å². The van der Waals surface area contributed by atoms with E-state index in [-0.39, 0.29) is 5.41 Å². The van der Waals surface area contributed by atoms with E-state index in [2.05, 4.69) is 53.5 Å². The Hall–Kier alpha value is -0.790. The number of nitrogens with one attached hydrogen (secondary N) is 1. The Morgan fingerprint density at radius 2 is 1.75 bits per heavy atom. The summed E-state index contributed by atoms with van der Waals surface area (Å²) in [6.07, 6.45) is 5.93. The number of hydrogen-bond acceptors (Lipinski definition) is 1. The van der Waals surface area contributed by atoms with E-state index in [9.17, 15) is 0 Å². The van der Waals surface area contributed by atoms with Gasteiger partial charge in [-0.25, -0.2) is 4.98 Å². The first kappa shape index (κ1) is 17.3. The minimum atomic E-state index is 0.175. The van der Waals surface area contributed by atoms with Crippen molar-refractivity contribution in [2.24, 2.45) is 5.92 Å². The second kappa shape index (κ2) is 7.28. The van der Waals surface area contributed by atoms with Crippen molar-refractivity contribution < 1.29 is 0 Å². The van der Waals surface area contributed by atoms with E-state index in [4.69, 9.17) is 4.98 Å². The maximum atomic E-state index is 4.99. The maximum absolute atomic E-state index is 4.99. The highest BCUT2D eigenvalue weighted by Crippen LogP contribution is 2.35. The molecule has 0 fully saturated rings. The molecule has 1 N–H and O–H groups in total. The van der Waals surface area contributed by atoms with E-state index in [0.717, 1.165) is 6.42 Å². The van der Waals surface area contributed by atoms with E-state index in [1.165, 1.54) is 42.9 Å². The quantitative estimate of drug-likeness (QED) is 0.659. The molecule has 0 bridgehead atoms. The van der Waals surface area contributed by atoms with Crippen LogP contribution >= 0.6 is 0 Å². The summed E-state index contributed by atoms with van der Waals surface area (Å²) in [6, 6.07) is 0. The standard InChI is InChI=1S/C18H34N2/c1-8-10-11-15-19-16(14(5)13(3)4)17(20-15)18(6,7)12-9-2/h13-14H,8-12H2,1-7H3,(H,19,20). The molecule has 116 valence electrons. The first-order valence-electron chi connectivity index (χ1n) is 8.42. The number of H-pyrrole nitrogens is 1. The summed E-state index contributed by atoms with van der Waals surface area (Å²) >= 11 is 0. The number of hydrogen-bond donors (Lipinski definition) is 1. The minimum absolute atomic E-state index is 0.175. The zero-order valence-electron chi connectivity index (χ0n) is 14.6. The molecule has 0 aromatic carbocycles. The zero-order chi connectivity index (χ0) is 15.3. The van der Waals surface area contributed by atoms with Crippen LogP contribution in [0.1, 0.15) is 97.3 Å². The molecule has 2 heteroatoms. The van der Waals surface area contributed by atoms with Crippen LogP contribution in [0.3, 0.4) is 0 Å². The molecule has 0 saturated heterocycles. The molecule has 0 spiro atoms. The average Bonchev–Trinajstić information content (AvgIpc) is 2.80. The van der Waals surface area contributed by atoms with Crippen LogP contribution in [0.15, 0.2) is 0 Å². The van der Waals surface area contributed by atoms with Crippen LogP contribution in [0.25, 0.3) is 0 Å². The Morgan fingerprint density at radius 1 is 1.10 bits per heavy atom. The molecule has 1 atom stereocenters. The molecule has 1 rings (SSSR count). The summed E-state index contributed by atoms with van der Waals surface area (Å²) in [7, 11) is 0. The van der Waals surface area contributed by atoms with Crippen molar-refractivity contribution in [3.63, 3.8) is 0 Å². The fraction of sp³-hybridized carbons (Fsp3) is 0.833. The van der Waals surface area contributed by atoms with Gasteiger partial charge in [0.25, 0.3) is 0 Å². The molecular weight excluding hydrogens is 244 g/mol. The van der Waals surface area contributed by atoms with E-state index in [1.807, 2.05) is 0 Å². The molecule has 0 aliphatic rings. The molecular formula is C18H34N2. The first-order chi connectivity index (χ1) is 9.33. The van der Waals surface area contributed by atoms with Gasteiger partial charge in [-0.2, -0.15) is 0 Å². The SMILES string of the molecule is CCCCc1nc(C(C)(C)CCC)c(C(C)C(C)C)[nH]1. The van der Waals surface area contributed by atoms with Crippen LogP contribution in [-0.2, 0) is 11.8 Å². The Morgan fingerprint density at radius 3 is 2.25 bits per heavy atom. The molecule has 0 saturated carbocycles. The highest BCUT2D eigenvalue weighted by molar-refractivity contribution is 5.26. The van der Waals surface area contributed by atoms with Gasteiger partial charge in [-0.3, -0.25) is 0 Å². The molecule has 1 aromatic rings. The molecule has 20 heavy (non-hydrogen) atoms. The molecule has 0 radical (unpaired) electrons. The fourth-order valence-corrected chi connectivity index (χ4v) is 2.82. The fourth-order valence-electron chi connectivity index (χ4n) is 2.82. The minimum Gasteiger partial charge on any atom is -0.345 e. The summed E-state index contributed by atoms with van der Waals surface area (Å²) in [5.41, 5.74) is 2.87. The molecule has 0 amide bonds. The zero-order valence-corrected chi connectivity index (χ0v) is 14.6. The van der Waals surface area contributed by atoms with Crippen molar-refractivity contribution in [3.8, 4) is 0 Å². The van der Waals surface area contributed by atoms with Gasteiger partial charge in [0, 0.05) is 23.4 Å². The lowest BCUT2D eigenvalue weighted by Gasteiger charge is -2.26. The van der Waals surface area contributed by atoms with Gasteiger partial charge < -0.3 is 4.98 Å². The number of aryl methyl sites for hydroxylation is 1. The molecule has 1 heterocycles. The number of aromatic amines is 1. The van der Waals surface area contributed by atoms with E-state index in [0.29, 0.717) is 11.8 Å². The van der Waals surface area contributed by atoms with E-state index in [1.54, 1.807) is 0 Å². The first-order valence-corrected chi connectivity index (χ1v) is 8.42. The molecule has 1 unspecified atom stereocenters. The van der Waals surface area contributed by atoms with Crippen LogP contribution in [0.4, 0.5) is 0 Å². The van der Waals surface area contributed by atoms with Crippen LogP contribution in [0.2, 0.25) is 0 Å². The van der Waals surface area contributed by atoms with Crippen LogP contribution in [0, 0.1) is 5.92 Å². The van der Waals surface area contributed by atoms with E-state index >= 15 is 0 Å². The Labute approximate surface area is 125 Å². The molecule has 2 nitrogen and oxygen atoms in total. The lowest BCUT2D eigenvalue weighted by atomic mass is 9.80. The molecule has 0 aliphatic heterocycles. The van der Waals surface area contributed by atoms with Gasteiger partial charge in [-0.1, -0.05) is 61.3 Å². The lowest BCUT2D eigenvalue weighted by molar-refractivity contribution is 0.441. The van der Waals surface area contributed by atoms with Gasteiger partial charge in [0.1, 0.15) is 5.82 Å². The van der Waals surface area contributed by atoms with Gasteiger partial charge in [0.2, 0.25) is 0 Å². The summed E-state index contributed by atoms with van der Waals surface area (Å²) in [5.74, 6) is 2.38. The number of unbranched alkanes of at least 4 members (excludes halogenated alkanes) is 1. The highest BCUT2D eigenvalue weighted by Gasteiger charge is 2.29. The number of aromatic nitrogens is 2. The Kier molecular flexibility index (Phi) is 6.29. The second-order valence-corrected chi connectivity index (χ2v) is 7.22. The monoisotopic (exact) mass is 278 g/mol. The maximum Gasteiger partial charge on any atom is 0.106 e. The summed E-state index contributed by atoms with van der Waals surface area (Å²) < 4.78 is 0.